The Morgan fingerprint density at radius 3 is 2.53 bits per heavy atom. The van der Waals surface area contributed by atoms with E-state index in [-0.39, 0.29) is 34.9 Å². The Hall–Kier alpha value is -5.40. The molecule has 3 amide bonds. The first-order valence-corrected chi connectivity index (χ1v) is 13.6. The number of pyridine rings is 1. The summed E-state index contributed by atoms with van der Waals surface area (Å²) in [6.07, 6.45) is 3.26. The molecule has 0 unspecified atom stereocenters. The van der Waals surface area contributed by atoms with E-state index in [1.165, 1.54) is 19.1 Å². The molecule has 1 aromatic carbocycles. The molecule has 0 saturated heterocycles. The second kappa shape index (κ2) is 12.2. The highest BCUT2D eigenvalue weighted by Crippen LogP contribution is 2.38. The molecule has 0 spiro atoms. The molecule has 1 fully saturated rings. The number of rotatable bonds is 10. The Morgan fingerprint density at radius 2 is 1.91 bits per heavy atom. The predicted octanol–water partition coefficient (Wildman–Crippen LogP) is 3.52. The van der Waals surface area contributed by atoms with Crippen LogP contribution in [-0.4, -0.2) is 69.1 Å². The number of nitrogens with one attached hydrogen (secondary N) is 3. The highest BCUT2D eigenvalue weighted by molar-refractivity contribution is 6.00. The number of ether oxygens (including phenoxy) is 1. The van der Waals surface area contributed by atoms with Crippen molar-refractivity contribution in [1.82, 2.24) is 35.5 Å². The predicted molar refractivity (Wildman–Crippen MR) is 156 cm³/mol. The van der Waals surface area contributed by atoms with Gasteiger partial charge in [-0.15, -0.1) is 10.2 Å². The molecule has 0 bridgehead atoms. The van der Waals surface area contributed by atoms with Crippen molar-refractivity contribution in [3.05, 3.63) is 65.7 Å². The van der Waals surface area contributed by atoms with Crippen LogP contribution in [0.2, 0.25) is 0 Å². The van der Waals surface area contributed by atoms with E-state index in [2.05, 4.69) is 41.3 Å². The largest absolute Gasteiger partial charge is 0.494 e. The van der Waals surface area contributed by atoms with Gasteiger partial charge in [0, 0.05) is 43.4 Å². The molecule has 14 heteroatoms. The summed E-state index contributed by atoms with van der Waals surface area (Å²) < 4.78 is 11.0. The zero-order chi connectivity index (χ0) is 30.7. The third-order valence-electron chi connectivity index (χ3n) is 7.02. The normalized spacial score (nSPS) is 13.1. The van der Waals surface area contributed by atoms with Crippen molar-refractivity contribution in [3.63, 3.8) is 0 Å². The molecule has 3 aromatic heterocycles. The summed E-state index contributed by atoms with van der Waals surface area (Å²) in [5, 5.41) is 20.4. The molecule has 0 radical (unpaired) electrons. The molecular weight excluding hydrogens is 554 g/mol. The molecule has 1 atom stereocenters. The number of aromatic nitrogens is 5. The van der Waals surface area contributed by atoms with E-state index < -0.39 is 11.9 Å². The average molecular weight is 586 g/mol. The summed E-state index contributed by atoms with van der Waals surface area (Å²) in [6.45, 7) is 3.50. The molecule has 5 rings (SSSR count). The minimum Gasteiger partial charge on any atom is -0.494 e. The van der Waals surface area contributed by atoms with Crippen molar-refractivity contribution in [3.8, 4) is 16.9 Å². The molecule has 1 saturated carbocycles. The van der Waals surface area contributed by atoms with Crippen LogP contribution in [0.4, 0.5) is 17.2 Å². The van der Waals surface area contributed by atoms with Crippen LogP contribution >= 0.6 is 0 Å². The standard InChI is InChI=1S/C29H31N9O5/c1-15(28-32-16(2)37-43-28)38(4)29(41)21-12-11-18(14-31-21)19-7-6-8-20(25(19)42-5)33-22-13-23(34-26(39)17-9-10-17)35-36-24(22)27(40)30-3/h6-8,11-15,17H,9-10H2,1-5H3,(H,30,40)(H2,33,34,35,39)/t15-/m1/s1. The van der Waals surface area contributed by atoms with Crippen LogP contribution in [0.1, 0.15) is 58.5 Å². The second-order valence-electron chi connectivity index (χ2n) is 10.0. The first kappa shape index (κ1) is 29.1. The summed E-state index contributed by atoms with van der Waals surface area (Å²) >= 11 is 0. The molecule has 14 nitrogen and oxygen atoms in total. The van der Waals surface area contributed by atoms with E-state index in [0.717, 1.165) is 12.8 Å². The zero-order valence-electron chi connectivity index (χ0n) is 24.3. The van der Waals surface area contributed by atoms with Gasteiger partial charge < -0.3 is 30.1 Å². The number of para-hydroxylation sites is 1. The van der Waals surface area contributed by atoms with Crippen molar-refractivity contribution in [2.24, 2.45) is 5.92 Å². The topological polar surface area (TPSA) is 177 Å². The van der Waals surface area contributed by atoms with Gasteiger partial charge in [0.1, 0.15) is 17.5 Å². The number of nitrogens with zero attached hydrogens (tertiary/aromatic N) is 6. The minimum absolute atomic E-state index is 0.0257. The van der Waals surface area contributed by atoms with Gasteiger partial charge in [0.15, 0.2) is 17.3 Å². The summed E-state index contributed by atoms with van der Waals surface area (Å²) in [7, 11) is 4.66. The van der Waals surface area contributed by atoms with Crippen molar-refractivity contribution < 1.29 is 23.6 Å². The van der Waals surface area contributed by atoms with Crippen LogP contribution in [-0.2, 0) is 4.79 Å². The second-order valence-corrected chi connectivity index (χ2v) is 10.0. The molecule has 1 aliphatic rings. The number of anilines is 3. The third-order valence-corrected chi connectivity index (χ3v) is 7.02. The fourth-order valence-electron chi connectivity index (χ4n) is 4.32. The van der Waals surface area contributed by atoms with Crippen LogP contribution in [0.25, 0.3) is 11.1 Å². The van der Waals surface area contributed by atoms with Crippen LogP contribution in [0.3, 0.4) is 0 Å². The lowest BCUT2D eigenvalue weighted by atomic mass is 10.0. The minimum atomic E-state index is -0.455. The molecule has 1 aliphatic carbocycles. The van der Waals surface area contributed by atoms with Gasteiger partial charge >= 0.3 is 0 Å². The van der Waals surface area contributed by atoms with E-state index in [4.69, 9.17) is 9.26 Å². The molecule has 222 valence electrons. The lowest BCUT2D eigenvalue weighted by Gasteiger charge is -2.21. The monoisotopic (exact) mass is 585 g/mol. The smallest absolute Gasteiger partial charge is 0.273 e. The molecular formula is C29H31N9O5. The Morgan fingerprint density at radius 1 is 1.12 bits per heavy atom. The summed E-state index contributed by atoms with van der Waals surface area (Å²) in [4.78, 5) is 48.0. The van der Waals surface area contributed by atoms with E-state index in [9.17, 15) is 14.4 Å². The van der Waals surface area contributed by atoms with Gasteiger partial charge in [0.2, 0.25) is 11.8 Å². The maximum atomic E-state index is 13.1. The van der Waals surface area contributed by atoms with Crippen LogP contribution in [0, 0.1) is 12.8 Å². The maximum absolute atomic E-state index is 13.1. The van der Waals surface area contributed by atoms with Gasteiger partial charge in [-0.25, -0.2) is 0 Å². The van der Waals surface area contributed by atoms with E-state index in [1.807, 2.05) is 12.1 Å². The first-order valence-electron chi connectivity index (χ1n) is 13.6. The molecule has 3 N–H and O–H groups in total. The van der Waals surface area contributed by atoms with Gasteiger partial charge in [-0.2, -0.15) is 4.98 Å². The highest BCUT2D eigenvalue weighted by atomic mass is 16.5. The molecule has 4 aromatic rings. The quantitative estimate of drug-likeness (QED) is 0.248. The first-order chi connectivity index (χ1) is 20.7. The fourth-order valence-corrected chi connectivity index (χ4v) is 4.32. The Kier molecular flexibility index (Phi) is 8.27. The van der Waals surface area contributed by atoms with Gasteiger partial charge in [0.05, 0.1) is 18.5 Å². The summed E-state index contributed by atoms with van der Waals surface area (Å²) in [6, 6.07) is 9.95. The number of amides is 3. The van der Waals surface area contributed by atoms with Crippen molar-refractivity contribution >= 4 is 34.9 Å². The summed E-state index contributed by atoms with van der Waals surface area (Å²) in [5.41, 5.74) is 2.51. The van der Waals surface area contributed by atoms with Gasteiger partial charge in [0.25, 0.3) is 11.8 Å². The number of methoxy groups -OCH3 is 1. The van der Waals surface area contributed by atoms with Gasteiger partial charge in [-0.3, -0.25) is 19.4 Å². The number of hydrogen-bond acceptors (Lipinski definition) is 11. The van der Waals surface area contributed by atoms with Crippen LogP contribution in [0.5, 0.6) is 5.75 Å². The number of benzene rings is 1. The highest BCUT2D eigenvalue weighted by Gasteiger charge is 2.30. The lowest BCUT2D eigenvalue weighted by molar-refractivity contribution is -0.117. The number of carbonyl (C=O) groups excluding carboxylic acids is 3. The summed E-state index contributed by atoms with van der Waals surface area (Å²) in [5.74, 6) is 0.581. The molecule has 3 heterocycles. The average Bonchev–Trinajstić information content (AvgIpc) is 3.79. The number of carbonyl (C=O) groups is 3. The SMILES string of the molecule is CNC(=O)c1nnc(NC(=O)C2CC2)cc1Nc1cccc(-c2ccc(C(=O)N(C)[C@H](C)c3nc(C)no3)nc2)c1OC. The molecule has 43 heavy (non-hydrogen) atoms. The fraction of sp³-hybridized carbons (Fsp3) is 0.310. The maximum Gasteiger partial charge on any atom is 0.273 e. The van der Waals surface area contributed by atoms with E-state index in [0.29, 0.717) is 40.0 Å². The van der Waals surface area contributed by atoms with E-state index >= 15 is 0 Å². The Labute approximate surface area is 247 Å². The lowest BCUT2D eigenvalue weighted by Crippen LogP contribution is -2.30. The Bertz CT molecular complexity index is 1670. The number of aryl methyl sites for hydroxylation is 1. The zero-order valence-corrected chi connectivity index (χ0v) is 24.3. The van der Waals surface area contributed by atoms with Crippen molar-refractivity contribution in [1.29, 1.82) is 0 Å². The van der Waals surface area contributed by atoms with Crippen molar-refractivity contribution in [2.45, 2.75) is 32.7 Å². The Balaban J connectivity index is 1.40. The number of hydrogen-bond donors (Lipinski definition) is 3. The van der Waals surface area contributed by atoms with Crippen LogP contribution in [0.15, 0.2) is 47.1 Å². The van der Waals surface area contributed by atoms with E-state index in [1.54, 1.807) is 51.4 Å². The van der Waals surface area contributed by atoms with Gasteiger partial charge in [-0.05, 0) is 38.8 Å². The van der Waals surface area contributed by atoms with Gasteiger partial charge in [-0.1, -0.05) is 23.4 Å². The van der Waals surface area contributed by atoms with Crippen molar-refractivity contribution in [2.75, 3.05) is 31.8 Å². The third kappa shape index (κ3) is 6.27. The van der Waals surface area contributed by atoms with Crippen LogP contribution < -0.4 is 20.7 Å². The molecule has 0 aliphatic heterocycles.